The van der Waals surface area contributed by atoms with Crippen LogP contribution in [0.15, 0.2) is 48.7 Å². The summed E-state index contributed by atoms with van der Waals surface area (Å²) in [5, 5.41) is 1.09. The number of aromatic nitrogens is 1. The van der Waals surface area contributed by atoms with Crippen molar-refractivity contribution in [2.45, 2.75) is 79.7 Å². The minimum atomic E-state index is -0.551. The van der Waals surface area contributed by atoms with Gasteiger partial charge >= 0.3 is 5.97 Å². The molecule has 7 heteroatoms. The van der Waals surface area contributed by atoms with Gasteiger partial charge in [0.05, 0.1) is 11.7 Å². The quantitative estimate of drug-likeness (QED) is 0.196. The first kappa shape index (κ1) is 30.1. The lowest BCUT2D eigenvalue weighted by atomic mass is 10.00. The molecule has 0 bridgehead atoms. The average molecular weight is 534 g/mol. The topological polar surface area (TPSA) is 71.3 Å². The number of pyridine rings is 1. The highest BCUT2D eigenvalue weighted by molar-refractivity contribution is 6.10. The normalized spacial score (nSPS) is 11.4. The van der Waals surface area contributed by atoms with Gasteiger partial charge in [0.25, 0.3) is 5.91 Å². The third-order valence-electron chi connectivity index (χ3n) is 7.06. The Kier molecular flexibility index (Phi) is 10.9. The second kappa shape index (κ2) is 14.1. The fourth-order valence-corrected chi connectivity index (χ4v) is 4.83. The predicted molar refractivity (Wildman–Crippen MR) is 155 cm³/mol. The van der Waals surface area contributed by atoms with Gasteiger partial charge in [0.1, 0.15) is 0 Å². The van der Waals surface area contributed by atoms with E-state index in [2.05, 4.69) is 37.8 Å². The van der Waals surface area contributed by atoms with E-state index in [1.54, 1.807) is 32.2 Å². The highest BCUT2D eigenvalue weighted by Crippen LogP contribution is 2.24. The van der Waals surface area contributed by atoms with Crippen LogP contribution < -0.4 is 0 Å². The highest BCUT2D eigenvalue weighted by Gasteiger charge is 2.24. The zero-order chi connectivity index (χ0) is 28.5. The van der Waals surface area contributed by atoms with Crippen LogP contribution >= 0.6 is 0 Å². The molecule has 7 nitrogen and oxygen atoms in total. The lowest BCUT2D eigenvalue weighted by molar-refractivity contribution is -0.181. The van der Waals surface area contributed by atoms with Crippen molar-refractivity contribution in [1.29, 1.82) is 0 Å². The van der Waals surface area contributed by atoms with Gasteiger partial charge in [-0.2, -0.15) is 5.06 Å². The number of hydrogen-bond donors (Lipinski definition) is 0. The molecular weight excluding hydrogens is 490 g/mol. The average Bonchev–Trinajstić information content (AvgIpc) is 3.29. The van der Waals surface area contributed by atoms with Crippen LogP contribution in [0.3, 0.4) is 0 Å². The zero-order valence-electron chi connectivity index (χ0n) is 24.3. The zero-order valence-corrected chi connectivity index (χ0v) is 24.3. The van der Waals surface area contributed by atoms with Gasteiger partial charge in [-0.15, -0.1) is 0 Å². The molecule has 0 saturated heterocycles. The maximum atomic E-state index is 13.8. The second-order valence-electron chi connectivity index (χ2n) is 10.3. The smallest absolute Gasteiger partial charge is 0.329 e. The molecule has 0 aliphatic rings. The number of nitrogens with zero attached hydrogens (tertiary/aromatic N) is 3. The molecule has 39 heavy (non-hydrogen) atoms. The van der Waals surface area contributed by atoms with Crippen molar-refractivity contribution in [2.24, 2.45) is 0 Å². The summed E-state index contributed by atoms with van der Waals surface area (Å²) >= 11 is 0. The molecule has 0 radical (unpaired) electrons. The minimum absolute atomic E-state index is 0.0291. The maximum Gasteiger partial charge on any atom is 0.329 e. The highest BCUT2D eigenvalue weighted by atomic mass is 16.7. The van der Waals surface area contributed by atoms with E-state index < -0.39 is 11.9 Å². The van der Waals surface area contributed by atoms with Crippen molar-refractivity contribution in [3.05, 3.63) is 76.6 Å². The number of amides is 1. The molecule has 2 heterocycles. The number of fused-ring (bicyclic) bond motifs is 1. The Morgan fingerprint density at radius 2 is 1.59 bits per heavy atom. The number of carbonyl (C=O) groups is 3. The molecule has 0 saturated carbocycles. The van der Waals surface area contributed by atoms with Crippen molar-refractivity contribution in [3.63, 3.8) is 0 Å². The summed E-state index contributed by atoms with van der Waals surface area (Å²) in [6.07, 6.45) is 6.58. The fourth-order valence-electron chi connectivity index (χ4n) is 4.83. The third kappa shape index (κ3) is 7.57. The first-order chi connectivity index (χ1) is 18.7. The van der Waals surface area contributed by atoms with Crippen molar-refractivity contribution in [1.82, 2.24) is 14.4 Å². The lowest BCUT2D eigenvalue weighted by Gasteiger charge is -2.24. The van der Waals surface area contributed by atoms with Crippen molar-refractivity contribution < 1.29 is 19.2 Å². The molecule has 0 unspecified atom stereocenters. The fraction of sp³-hybridized carbons (Fsp3) is 0.469. The third-order valence-corrected chi connectivity index (χ3v) is 7.06. The Morgan fingerprint density at radius 3 is 2.18 bits per heavy atom. The summed E-state index contributed by atoms with van der Waals surface area (Å²) in [6.45, 7) is 14.5. The molecule has 0 atom stereocenters. The molecule has 0 spiro atoms. The molecule has 2 aromatic heterocycles. The molecule has 0 fully saturated rings. The van der Waals surface area contributed by atoms with Gasteiger partial charge in [0, 0.05) is 29.8 Å². The number of unbranched alkanes of at least 4 members (excludes halogenated alkanes) is 1. The van der Waals surface area contributed by atoms with Gasteiger partial charge in [-0.05, 0) is 88.5 Å². The first-order valence-corrected chi connectivity index (χ1v) is 14.2. The van der Waals surface area contributed by atoms with Crippen LogP contribution in [0.4, 0.5) is 0 Å². The minimum Gasteiger partial charge on any atom is -0.338 e. The van der Waals surface area contributed by atoms with E-state index in [0.29, 0.717) is 16.8 Å². The van der Waals surface area contributed by atoms with Gasteiger partial charge in [0.15, 0.2) is 0 Å². The van der Waals surface area contributed by atoms with Crippen LogP contribution in [0.25, 0.3) is 5.52 Å². The van der Waals surface area contributed by atoms with E-state index in [0.717, 1.165) is 67.9 Å². The summed E-state index contributed by atoms with van der Waals surface area (Å²) in [5.41, 5.74) is 4.64. The van der Waals surface area contributed by atoms with Crippen LogP contribution in [-0.2, 0) is 22.5 Å². The summed E-state index contributed by atoms with van der Waals surface area (Å²) < 4.78 is 1.87. The van der Waals surface area contributed by atoms with Crippen molar-refractivity contribution in [3.8, 4) is 0 Å². The molecular formula is C32H43N3O4. The Hall–Kier alpha value is -3.45. The Balaban J connectivity index is 1.89. The number of hydroxylamine groups is 2. The number of rotatable bonds is 13. The number of benzene rings is 1. The summed E-state index contributed by atoms with van der Waals surface area (Å²) in [4.78, 5) is 46.0. The van der Waals surface area contributed by atoms with E-state index in [1.807, 2.05) is 22.6 Å². The van der Waals surface area contributed by atoms with Gasteiger partial charge < -0.3 is 14.1 Å². The van der Waals surface area contributed by atoms with Gasteiger partial charge in [-0.25, -0.2) is 0 Å². The maximum absolute atomic E-state index is 13.8. The standard InChI is InChI=1S/C32H43N3O4/c1-7-10-13-27-21-29-22-28(32(38)35(23(4)5)39-24(6)36)18-20-34(29)30(27)31(37)26-16-14-25(15-17-26)12-11-19-33(8-2)9-3/h14-18,20-23H,7-13,19H2,1-6H3. The molecule has 1 aromatic carbocycles. The second-order valence-corrected chi connectivity index (χ2v) is 10.3. The number of ketones is 1. The van der Waals surface area contributed by atoms with Crippen molar-refractivity contribution in [2.75, 3.05) is 19.6 Å². The molecule has 3 rings (SSSR count). The van der Waals surface area contributed by atoms with Crippen LogP contribution in [0.1, 0.15) is 98.3 Å². The Bertz CT molecular complexity index is 1270. The van der Waals surface area contributed by atoms with E-state index >= 15 is 0 Å². The van der Waals surface area contributed by atoms with E-state index in [1.165, 1.54) is 12.5 Å². The summed E-state index contributed by atoms with van der Waals surface area (Å²) in [7, 11) is 0. The molecule has 1 amide bonds. The molecule has 0 N–H and O–H groups in total. The number of hydrogen-bond acceptors (Lipinski definition) is 5. The van der Waals surface area contributed by atoms with E-state index in [9.17, 15) is 14.4 Å². The van der Waals surface area contributed by atoms with Crippen LogP contribution in [0, 0.1) is 0 Å². The first-order valence-electron chi connectivity index (χ1n) is 14.2. The molecule has 210 valence electrons. The number of aryl methyl sites for hydroxylation is 2. The van der Waals surface area contributed by atoms with E-state index in [-0.39, 0.29) is 11.8 Å². The van der Waals surface area contributed by atoms with Crippen molar-refractivity contribution >= 4 is 23.2 Å². The molecule has 0 aliphatic carbocycles. The number of carbonyl (C=O) groups excluding carboxylic acids is 3. The van der Waals surface area contributed by atoms with Crippen LogP contribution in [-0.4, -0.2) is 57.7 Å². The summed E-state index contributed by atoms with van der Waals surface area (Å²) in [5.74, 6) is -0.979. The van der Waals surface area contributed by atoms with Gasteiger partial charge in [-0.3, -0.25) is 14.4 Å². The Labute approximate surface area is 232 Å². The SMILES string of the molecule is CCCCc1cc2cc(C(=O)N(OC(C)=O)C(C)C)ccn2c1C(=O)c1ccc(CCCN(CC)CC)cc1. The van der Waals surface area contributed by atoms with E-state index in [4.69, 9.17) is 4.84 Å². The Morgan fingerprint density at radius 1 is 0.897 bits per heavy atom. The van der Waals surface area contributed by atoms with Gasteiger partial charge in [0.2, 0.25) is 5.78 Å². The monoisotopic (exact) mass is 533 g/mol. The lowest BCUT2D eigenvalue weighted by Crippen LogP contribution is -2.38. The largest absolute Gasteiger partial charge is 0.338 e. The van der Waals surface area contributed by atoms with Crippen LogP contribution in [0.5, 0.6) is 0 Å². The molecule has 0 aliphatic heterocycles. The van der Waals surface area contributed by atoms with Crippen LogP contribution in [0.2, 0.25) is 0 Å². The van der Waals surface area contributed by atoms with Gasteiger partial charge in [-0.1, -0.05) is 51.5 Å². The molecule has 3 aromatic rings. The summed E-state index contributed by atoms with van der Waals surface area (Å²) in [6, 6.07) is 13.1. The predicted octanol–water partition coefficient (Wildman–Crippen LogP) is 6.12.